The third kappa shape index (κ3) is 5.12. The summed E-state index contributed by atoms with van der Waals surface area (Å²) in [6, 6.07) is 0. The van der Waals surface area contributed by atoms with Crippen LogP contribution < -0.4 is 0 Å². The van der Waals surface area contributed by atoms with Crippen LogP contribution in [0.5, 0.6) is 0 Å². The maximum Gasteiger partial charge on any atom is 0.139 e. The number of halogens is 1. The zero-order chi connectivity index (χ0) is 9.78. The second kappa shape index (κ2) is 5.20. The molecule has 0 amide bonds. The molecule has 0 spiro atoms. The van der Waals surface area contributed by atoms with Crippen molar-refractivity contribution < 1.29 is 4.79 Å². The molecule has 0 aromatic carbocycles. The van der Waals surface area contributed by atoms with E-state index < -0.39 is 0 Å². The van der Waals surface area contributed by atoms with E-state index in [1.165, 1.54) is 6.42 Å². The van der Waals surface area contributed by atoms with E-state index in [0.717, 1.165) is 12.8 Å². The SMILES string of the molecule is CCCC(I)CC(=O)C(C)(C)C. The fourth-order valence-corrected chi connectivity index (χ4v) is 1.95. The predicted octanol–water partition coefficient (Wildman–Crippen LogP) is 3.60. The molecule has 0 aliphatic rings. The Labute approximate surface area is 89.4 Å². The van der Waals surface area contributed by atoms with Crippen molar-refractivity contribution in [3.8, 4) is 0 Å². The minimum atomic E-state index is -0.156. The van der Waals surface area contributed by atoms with Crippen molar-refractivity contribution in [2.24, 2.45) is 5.41 Å². The number of carbonyl (C=O) groups excluding carboxylic acids is 1. The highest BCUT2D eigenvalue weighted by atomic mass is 127. The summed E-state index contributed by atoms with van der Waals surface area (Å²) in [4.78, 5) is 11.5. The highest BCUT2D eigenvalue weighted by Crippen LogP contribution is 2.22. The van der Waals surface area contributed by atoms with Crippen LogP contribution in [0.3, 0.4) is 0 Å². The molecule has 0 N–H and O–H groups in total. The molecular weight excluding hydrogens is 263 g/mol. The summed E-state index contributed by atoms with van der Waals surface area (Å²) in [7, 11) is 0. The van der Waals surface area contributed by atoms with Crippen LogP contribution in [0.15, 0.2) is 0 Å². The van der Waals surface area contributed by atoms with E-state index >= 15 is 0 Å². The van der Waals surface area contributed by atoms with Crippen LogP contribution in [-0.2, 0) is 4.79 Å². The molecule has 12 heavy (non-hydrogen) atoms. The topological polar surface area (TPSA) is 17.1 Å². The average Bonchev–Trinajstić information content (AvgIpc) is 1.85. The van der Waals surface area contributed by atoms with Gasteiger partial charge in [0.1, 0.15) is 5.78 Å². The van der Waals surface area contributed by atoms with Gasteiger partial charge in [-0.15, -0.1) is 0 Å². The van der Waals surface area contributed by atoms with Crippen LogP contribution in [0.2, 0.25) is 0 Å². The first-order valence-corrected chi connectivity index (χ1v) is 5.80. The third-order valence-corrected chi connectivity index (χ3v) is 2.91. The first kappa shape index (κ1) is 12.4. The summed E-state index contributed by atoms with van der Waals surface area (Å²) in [5.41, 5.74) is -0.156. The molecule has 0 radical (unpaired) electrons. The van der Waals surface area contributed by atoms with Gasteiger partial charge in [0.25, 0.3) is 0 Å². The molecule has 0 aromatic heterocycles. The van der Waals surface area contributed by atoms with E-state index in [0.29, 0.717) is 9.71 Å². The van der Waals surface area contributed by atoms with Crippen LogP contribution in [-0.4, -0.2) is 9.71 Å². The Hall–Kier alpha value is 0.400. The second-order valence-electron chi connectivity index (χ2n) is 4.26. The molecule has 0 saturated heterocycles. The van der Waals surface area contributed by atoms with Gasteiger partial charge in [0.2, 0.25) is 0 Å². The maximum atomic E-state index is 11.5. The summed E-state index contributed by atoms with van der Waals surface area (Å²) >= 11 is 2.38. The van der Waals surface area contributed by atoms with Crippen LogP contribution >= 0.6 is 22.6 Å². The van der Waals surface area contributed by atoms with Gasteiger partial charge in [-0.3, -0.25) is 4.79 Å². The number of hydrogen-bond acceptors (Lipinski definition) is 1. The van der Waals surface area contributed by atoms with Crippen molar-refractivity contribution >= 4 is 28.4 Å². The second-order valence-corrected chi connectivity index (χ2v) is 6.02. The van der Waals surface area contributed by atoms with Crippen LogP contribution in [0.1, 0.15) is 47.0 Å². The zero-order valence-electron chi connectivity index (χ0n) is 8.48. The number of hydrogen-bond donors (Lipinski definition) is 0. The molecule has 1 atom stereocenters. The Morgan fingerprint density at radius 2 is 1.92 bits per heavy atom. The van der Waals surface area contributed by atoms with E-state index in [2.05, 4.69) is 29.5 Å². The Kier molecular flexibility index (Phi) is 5.37. The minimum Gasteiger partial charge on any atom is -0.299 e. The van der Waals surface area contributed by atoms with Crippen molar-refractivity contribution in [2.45, 2.75) is 50.9 Å². The van der Waals surface area contributed by atoms with Gasteiger partial charge in [0, 0.05) is 15.8 Å². The lowest BCUT2D eigenvalue weighted by atomic mass is 9.88. The summed E-state index contributed by atoms with van der Waals surface area (Å²) in [5.74, 6) is 0.385. The lowest BCUT2D eigenvalue weighted by Gasteiger charge is -2.18. The number of Topliss-reactive ketones (excluding diaryl/α,β-unsaturated/α-hetero) is 1. The summed E-state index contributed by atoms with van der Waals surface area (Å²) in [6.07, 6.45) is 3.06. The normalized spacial score (nSPS) is 14.4. The number of rotatable bonds is 4. The van der Waals surface area contributed by atoms with Crippen molar-refractivity contribution in [3.05, 3.63) is 0 Å². The largest absolute Gasteiger partial charge is 0.299 e. The van der Waals surface area contributed by atoms with Gasteiger partial charge in [-0.05, 0) is 6.42 Å². The average molecular weight is 282 g/mol. The fraction of sp³-hybridized carbons (Fsp3) is 0.900. The molecule has 0 aliphatic heterocycles. The van der Waals surface area contributed by atoms with Gasteiger partial charge in [0.05, 0.1) is 0 Å². The molecule has 2 heteroatoms. The lowest BCUT2D eigenvalue weighted by Crippen LogP contribution is -2.22. The molecule has 1 unspecified atom stereocenters. The van der Waals surface area contributed by atoms with Crippen molar-refractivity contribution in [1.82, 2.24) is 0 Å². The van der Waals surface area contributed by atoms with Crippen LogP contribution in [0.4, 0.5) is 0 Å². The fourth-order valence-electron chi connectivity index (χ4n) is 0.923. The zero-order valence-corrected chi connectivity index (χ0v) is 10.6. The molecule has 0 aliphatic carbocycles. The predicted molar refractivity (Wildman–Crippen MR) is 61.8 cm³/mol. The Morgan fingerprint density at radius 1 is 1.42 bits per heavy atom. The molecular formula is C10H19IO. The van der Waals surface area contributed by atoms with Gasteiger partial charge in [-0.2, -0.15) is 0 Å². The molecule has 72 valence electrons. The maximum absolute atomic E-state index is 11.5. The molecule has 0 heterocycles. The first-order valence-electron chi connectivity index (χ1n) is 4.55. The van der Waals surface area contributed by atoms with E-state index in [9.17, 15) is 4.79 Å². The molecule has 0 rings (SSSR count). The minimum absolute atomic E-state index is 0.156. The van der Waals surface area contributed by atoms with E-state index in [1.807, 2.05) is 20.8 Å². The summed E-state index contributed by atoms with van der Waals surface area (Å²) in [5, 5.41) is 0. The van der Waals surface area contributed by atoms with Gasteiger partial charge in [-0.25, -0.2) is 0 Å². The van der Waals surface area contributed by atoms with Gasteiger partial charge in [-0.1, -0.05) is 56.7 Å². The highest BCUT2D eigenvalue weighted by Gasteiger charge is 2.22. The number of carbonyl (C=O) groups is 1. The first-order chi connectivity index (χ1) is 5.38. The lowest BCUT2D eigenvalue weighted by molar-refractivity contribution is -0.126. The smallest absolute Gasteiger partial charge is 0.139 e. The quantitative estimate of drug-likeness (QED) is 0.569. The van der Waals surface area contributed by atoms with Crippen molar-refractivity contribution in [2.75, 3.05) is 0 Å². The van der Waals surface area contributed by atoms with E-state index in [1.54, 1.807) is 0 Å². The Bertz CT molecular complexity index is 146. The highest BCUT2D eigenvalue weighted by molar-refractivity contribution is 14.1. The number of ketones is 1. The summed E-state index contributed by atoms with van der Waals surface area (Å²) < 4.78 is 0.527. The number of alkyl halides is 1. The standard InChI is InChI=1S/C10H19IO/c1-5-6-8(11)7-9(12)10(2,3)4/h8H,5-7H2,1-4H3. The van der Waals surface area contributed by atoms with Crippen LogP contribution in [0, 0.1) is 5.41 Å². The van der Waals surface area contributed by atoms with Crippen molar-refractivity contribution in [3.63, 3.8) is 0 Å². The van der Waals surface area contributed by atoms with E-state index in [-0.39, 0.29) is 5.41 Å². The Morgan fingerprint density at radius 3 is 2.25 bits per heavy atom. The molecule has 0 bridgehead atoms. The van der Waals surface area contributed by atoms with Crippen LogP contribution in [0.25, 0.3) is 0 Å². The Balaban J connectivity index is 3.85. The van der Waals surface area contributed by atoms with E-state index in [4.69, 9.17) is 0 Å². The molecule has 0 fully saturated rings. The third-order valence-electron chi connectivity index (χ3n) is 1.85. The van der Waals surface area contributed by atoms with Gasteiger partial charge in [0.15, 0.2) is 0 Å². The monoisotopic (exact) mass is 282 g/mol. The van der Waals surface area contributed by atoms with Gasteiger partial charge < -0.3 is 0 Å². The molecule has 1 nitrogen and oxygen atoms in total. The summed E-state index contributed by atoms with van der Waals surface area (Å²) in [6.45, 7) is 8.13. The van der Waals surface area contributed by atoms with Crippen molar-refractivity contribution in [1.29, 1.82) is 0 Å². The molecule has 0 aromatic rings. The van der Waals surface area contributed by atoms with Gasteiger partial charge >= 0.3 is 0 Å². The molecule has 0 saturated carbocycles.